The van der Waals surface area contributed by atoms with Gasteiger partial charge in [-0.05, 0) is 89.9 Å². The predicted octanol–water partition coefficient (Wildman–Crippen LogP) is 9.63. The lowest BCUT2D eigenvalue weighted by atomic mass is 10.1. The molecule has 0 amide bonds. The number of benzene rings is 3. The van der Waals surface area contributed by atoms with Crippen molar-refractivity contribution in [2.45, 2.75) is 90.9 Å². The molecular formula is C40H49N5Si2. The number of anilines is 2. The van der Waals surface area contributed by atoms with Gasteiger partial charge in [0.15, 0.2) is 0 Å². The van der Waals surface area contributed by atoms with Crippen LogP contribution in [-0.4, -0.2) is 30.7 Å². The standard InChI is InChI=1S/C40H49N5Si2/c1-7-46(8-2,9-3)27-24-31-13-17-33(18-14-31)29-42-39-38-35-23-26-45(37(35)22-21-36(38)43-40(41)44-39)30-34-19-15-32(16-20-34)25-28-47(10-4,11-5)12-6/h13-23,26H,7-12,29-30H2,1-6H3,(H3,41,42,43,44). The lowest BCUT2D eigenvalue weighted by molar-refractivity contribution is 0.837. The van der Waals surface area contributed by atoms with E-state index in [4.69, 9.17) is 5.73 Å². The fourth-order valence-electron chi connectivity index (χ4n) is 6.41. The average molecular weight is 656 g/mol. The largest absolute Gasteiger partial charge is 0.368 e. The van der Waals surface area contributed by atoms with Crippen LogP contribution in [0.4, 0.5) is 11.8 Å². The zero-order valence-corrected chi connectivity index (χ0v) is 31.0. The van der Waals surface area contributed by atoms with E-state index >= 15 is 0 Å². The third-order valence-electron chi connectivity index (χ3n) is 10.4. The summed E-state index contributed by atoms with van der Waals surface area (Å²) in [6.45, 7) is 15.2. The summed E-state index contributed by atoms with van der Waals surface area (Å²) in [6, 6.07) is 30.9. The monoisotopic (exact) mass is 655 g/mol. The van der Waals surface area contributed by atoms with Gasteiger partial charge in [0, 0.05) is 41.3 Å². The Bertz CT molecular complexity index is 1930. The van der Waals surface area contributed by atoms with Crippen LogP contribution in [0.2, 0.25) is 36.3 Å². The van der Waals surface area contributed by atoms with Crippen molar-refractivity contribution in [1.29, 1.82) is 0 Å². The van der Waals surface area contributed by atoms with Crippen LogP contribution >= 0.6 is 0 Å². The summed E-state index contributed by atoms with van der Waals surface area (Å²) in [4.78, 5) is 9.21. The van der Waals surface area contributed by atoms with Crippen LogP contribution in [0.25, 0.3) is 21.8 Å². The maximum Gasteiger partial charge on any atom is 0.222 e. The molecule has 0 aliphatic rings. The van der Waals surface area contributed by atoms with E-state index in [-0.39, 0.29) is 5.95 Å². The molecule has 7 heteroatoms. The van der Waals surface area contributed by atoms with Gasteiger partial charge in [-0.2, -0.15) is 4.98 Å². The number of hydrogen-bond acceptors (Lipinski definition) is 4. The maximum absolute atomic E-state index is 6.16. The molecule has 47 heavy (non-hydrogen) atoms. The van der Waals surface area contributed by atoms with Crippen molar-refractivity contribution in [2.75, 3.05) is 11.1 Å². The van der Waals surface area contributed by atoms with Gasteiger partial charge in [-0.15, -0.1) is 11.1 Å². The molecule has 0 aliphatic heterocycles. The Hall–Kier alpha value is -4.31. The first-order valence-electron chi connectivity index (χ1n) is 17.3. The van der Waals surface area contributed by atoms with E-state index in [1.165, 1.54) is 41.8 Å². The Balaban J connectivity index is 1.35. The molecule has 0 saturated carbocycles. The second-order valence-electron chi connectivity index (χ2n) is 12.7. The zero-order chi connectivity index (χ0) is 33.4. The highest BCUT2D eigenvalue weighted by Gasteiger charge is 2.25. The number of nitrogens with zero attached hydrogens (tertiary/aromatic N) is 3. The van der Waals surface area contributed by atoms with Gasteiger partial charge < -0.3 is 15.6 Å². The Kier molecular flexibility index (Phi) is 10.9. The molecule has 0 bridgehead atoms. The fourth-order valence-corrected chi connectivity index (χ4v) is 11.3. The highest BCUT2D eigenvalue weighted by molar-refractivity contribution is 6.87. The number of aromatic nitrogens is 3. The number of nitrogens with one attached hydrogen (secondary N) is 1. The molecule has 0 spiro atoms. The number of nitrogen functional groups attached to an aromatic ring is 1. The summed E-state index contributed by atoms with van der Waals surface area (Å²) in [5.74, 6) is 7.99. The Labute approximate surface area is 283 Å². The highest BCUT2D eigenvalue weighted by atomic mass is 28.3. The quantitative estimate of drug-likeness (QED) is 0.110. The second kappa shape index (κ2) is 15.1. The molecular weight excluding hydrogens is 607 g/mol. The summed E-state index contributed by atoms with van der Waals surface area (Å²) >= 11 is 0. The predicted molar refractivity (Wildman–Crippen MR) is 207 cm³/mol. The summed E-state index contributed by atoms with van der Waals surface area (Å²) in [7, 11) is -2.93. The third kappa shape index (κ3) is 7.65. The van der Waals surface area contributed by atoms with Gasteiger partial charge >= 0.3 is 0 Å². The van der Waals surface area contributed by atoms with Gasteiger partial charge in [0.25, 0.3) is 0 Å². The molecule has 5 aromatic rings. The van der Waals surface area contributed by atoms with Gasteiger partial charge in [0.05, 0.1) is 10.9 Å². The van der Waals surface area contributed by atoms with E-state index in [0.717, 1.165) is 50.9 Å². The summed E-state index contributed by atoms with van der Waals surface area (Å²) in [5.41, 5.74) is 20.1. The first-order valence-corrected chi connectivity index (χ1v) is 22.6. The molecule has 2 aromatic heterocycles. The minimum atomic E-state index is -1.47. The van der Waals surface area contributed by atoms with E-state index in [0.29, 0.717) is 6.54 Å². The molecule has 0 fully saturated rings. The van der Waals surface area contributed by atoms with Crippen LogP contribution < -0.4 is 11.1 Å². The summed E-state index contributed by atoms with van der Waals surface area (Å²) in [5, 5.41) is 5.65. The van der Waals surface area contributed by atoms with Gasteiger partial charge in [-0.3, -0.25) is 0 Å². The van der Waals surface area contributed by atoms with E-state index in [1.807, 2.05) is 6.07 Å². The normalized spacial score (nSPS) is 11.6. The molecule has 0 saturated heterocycles. The van der Waals surface area contributed by atoms with Crippen molar-refractivity contribution >= 4 is 49.7 Å². The molecule has 0 aliphatic carbocycles. The fraction of sp³-hybridized carbons (Fsp3) is 0.350. The van der Waals surface area contributed by atoms with Crippen LogP contribution in [0.1, 0.15) is 63.8 Å². The van der Waals surface area contributed by atoms with Crippen LogP contribution in [0, 0.1) is 22.9 Å². The first kappa shape index (κ1) is 34.0. The summed E-state index contributed by atoms with van der Waals surface area (Å²) < 4.78 is 2.28. The molecule has 3 N–H and O–H groups in total. The smallest absolute Gasteiger partial charge is 0.222 e. The van der Waals surface area contributed by atoms with Crippen LogP contribution in [-0.2, 0) is 13.1 Å². The minimum Gasteiger partial charge on any atom is -0.368 e. The average Bonchev–Trinajstić information content (AvgIpc) is 3.52. The molecule has 5 rings (SSSR count). The van der Waals surface area contributed by atoms with E-state index in [2.05, 4.69) is 151 Å². The highest BCUT2D eigenvalue weighted by Crippen LogP contribution is 2.31. The van der Waals surface area contributed by atoms with Crippen molar-refractivity contribution in [2.24, 2.45) is 0 Å². The molecule has 2 heterocycles. The number of nitrogens with two attached hydrogens (primary N) is 1. The van der Waals surface area contributed by atoms with Crippen molar-refractivity contribution in [3.8, 4) is 22.9 Å². The Morgan fingerprint density at radius 2 is 1.19 bits per heavy atom. The van der Waals surface area contributed by atoms with E-state index in [1.54, 1.807) is 0 Å². The van der Waals surface area contributed by atoms with Crippen molar-refractivity contribution < 1.29 is 0 Å². The Morgan fingerprint density at radius 3 is 1.72 bits per heavy atom. The summed E-state index contributed by atoms with van der Waals surface area (Å²) in [6.07, 6.45) is 2.15. The van der Waals surface area contributed by atoms with Gasteiger partial charge in [0.2, 0.25) is 5.95 Å². The van der Waals surface area contributed by atoms with Crippen LogP contribution in [0.15, 0.2) is 72.9 Å². The lowest BCUT2D eigenvalue weighted by Crippen LogP contribution is -2.29. The van der Waals surface area contributed by atoms with Crippen molar-refractivity contribution in [3.63, 3.8) is 0 Å². The maximum atomic E-state index is 6.16. The molecule has 3 aromatic carbocycles. The zero-order valence-electron chi connectivity index (χ0n) is 29.0. The van der Waals surface area contributed by atoms with Crippen LogP contribution in [0.3, 0.4) is 0 Å². The van der Waals surface area contributed by atoms with E-state index in [9.17, 15) is 0 Å². The molecule has 5 nitrogen and oxygen atoms in total. The van der Waals surface area contributed by atoms with Gasteiger partial charge in [0.1, 0.15) is 22.0 Å². The molecule has 0 unspecified atom stereocenters. The SMILES string of the molecule is CC[Si](C#Cc1ccc(CNc2nc(N)nc3ccc4c(ccn4Cc4ccc(C#C[Si](CC)(CC)CC)cc4)c23)cc1)(CC)CC. The van der Waals surface area contributed by atoms with Gasteiger partial charge in [-0.1, -0.05) is 77.6 Å². The third-order valence-corrected chi connectivity index (χ3v) is 19.8. The number of hydrogen-bond donors (Lipinski definition) is 2. The number of rotatable bonds is 11. The first-order chi connectivity index (χ1) is 22.8. The number of fused-ring (bicyclic) bond motifs is 3. The topological polar surface area (TPSA) is 68.8 Å². The van der Waals surface area contributed by atoms with Crippen molar-refractivity contribution in [1.82, 2.24) is 14.5 Å². The molecule has 242 valence electrons. The lowest BCUT2D eigenvalue weighted by Gasteiger charge is -2.20. The Morgan fingerprint density at radius 1 is 0.660 bits per heavy atom. The second-order valence-corrected chi connectivity index (χ2v) is 22.6. The molecule has 0 radical (unpaired) electrons. The minimum absolute atomic E-state index is 0.264. The van der Waals surface area contributed by atoms with E-state index < -0.39 is 16.1 Å². The van der Waals surface area contributed by atoms with Gasteiger partial charge in [-0.25, -0.2) is 4.98 Å². The molecule has 0 atom stereocenters. The van der Waals surface area contributed by atoms with Crippen LogP contribution in [0.5, 0.6) is 0 Å². The van der Waals surface area contributed by atoms with Crippen molar-refractivity contribution in [3.05, 3.63) is 95.2 Å².